The van der Waals surface area contributed by atoms with Crippen molar-refractivity contribution in [3.8, 4) is 0 Å². The highest BCUT2D eigenvalue weighted by atomic mass is 32.1. The van der Waals surface area contributed by atoms with Crippen LogP contribution in [0.3, 0.4) is 0 Å². The van der Waals surface area contributed by atoms with Crippen LogP contribution in [0.1, 0.15) is 10.4 Å². The minimum absolute atomic E-state index is 0.233. The first kappa shape index (κ1) is 17.2. The molecule has 0 radical (unpaired) electrons. The van der Waals surface area contributed by atoms with E-state index >= 15 is 0 Å². The lowest BCUT2D eigenvalue weighted by Gasteiger charge is -2.31. The summed E-state index contributed by atoms with van der Waals surface area (Å²) in [5, 5.41) is 16.7. The third-order valence-electron chi connectivity index (χ3n) is 3.97. The zero-order valence-corrected chi connectivity index (χ0v) is 14.6. The zero-order valence-electron chi connectivity index (χ0n) is 13.7. The molecule has 1 aliphatic heterocycles. The quantitative estimate of drug-likeness (QED) is 0.483. The number of nitrogens with one attached hydrogen (secondary N) is 2. The van der Waals surface area contributed by atoms with Gasteiger partial charge in [0.15, 0.2) is 0 Å². The van der Waals surface area contributed by atoms with Crippen LogP contribution in [0, 0.1) is 0 Å². The molecule has 1 fully saturated rings. The van der Waals surface area contributed by atoms with Gasteiger partial charge in [0.25, 0.3) is 0 Å². The van der Waals surface area contributed by atoms with Crippen molar-refractivity contribution in [2.24, 2.45) is 10.7 Å². The third-order valence-corrected chi connectivity index (χ3v) is 4.87. The van der Waals surface area contributed by atoms with E-state index in [2.05, 4.69) is 20.5 Å². The Hall–Kier alpha value is -2.58. The van der Waals surface area contributed by atoms with Crippen LogP contribution in [0.5, 0.6) is 0 Å². The van der Waals surface area contributed by atoms with Crippen LogP contribution in [0.25, 0.3) is 0 Å². The second-order valence-electron chi connectivity index (χ2n) is 5.68. The molecule has 7 nitrogen and oxygen atoms in total. The first-order chi connectivity index (χ1) is 12.1. The van der Waals surface area contributed by atoms with Gasteiger partial charge in [0.2, 0.25) is 0 Å². The Kier molecular flexibility index (Phi) is 5.52. The minimum atomic E-state index is -1.04. The van der Waals surface area contributed by atoms with E-state index in [1.165, 1.54) is 11.3 Å². The molecule has 1 saturated heterocycles. The van der Waals surface area contributed by atoms with Gasteiger partial charge in [0.1, 0.15) is 5.84 Å². The maximum absolute atomic E-state index is 10.9. The second kappa shape index (κ2) is 8.00. The summed E-state index contributed by atoms with van der Waals surface area (Å²) in [6.07, 6.45) is -1.04. The predicted molar refractivity (Wildman–Crippen MR) is 101 cm³/mol. The molecule has 0 bridgehead atoms. The Bertz CT molecular complexity index is 754. The molecule has 8 heteroatoms. The number of nitrogens with two attached hydrogens (primary N) is 1. The second-order valence-corrected chi connectivity index (χ2v) is 6.63. The van der Waals surface area contributed by atoms with E-state index in [0.29, 0.717) is 11.5 Å². The first-order valence-electron chi connectivity index (χ1n) is 8.07. The molecular formula is C17H21N5O2S. The van der Waals surface area contributed by atoms with Crippen LogP contribution in [0.2, 0.25) is 0 Å². The lowest BCUT2D eigenvalue weighted by molar-refractivity contribution is 0.194. The molecule has 0 spiro atoms. The number of hydrogen-bond donors (Lipinski definition) is 4. The average Bonchev–Trinajstić information content (AvgIpc) is 3.15. The van der Waals surface area contributed by atoms with Gasteiger partial charge in [-0.2, -0.15) is 0 Å². The zero-order chi connectivity index (χ0) is 17.6. The number of rotatable bonds is 5. The van der Waals surface area contributed by atoms with Gasteiger partial charge in [0, 0.05) is 38.4 Å². The molecule has 2 heterocycles. The number of amides is 1. The van der Waals surface area contributed by atoms with Gasteiger partial charge in [-0.05, 0) is 35.2 Å². The summed E-state index contributed by atoms with van der Waals surface area (Å²) in [4.78, 5) is 18.5. The number of benzene rings is 1. The molecular weight excluding hydrogens is 338 g/mol. The van der Waals surface area contributed by atoms with Crippen LogP contribution in [0.4, 0.5) is 16.2 Å². The smallest absolute Gasteiger partial charge is 0.404 e. The van der Waals surface area contributed by atoms with Crippen molar-refractivity contribution in [1.29, 1.82) is 0 Å². The molecule has 1 aromatic carbocycles. The van der Waals surface area contributed by atoms with Crippen LogP contribution >= 0.6 is 11.3 Å². The number of aliphatic imine (C=N–C) groups is 1. The van der Waals surface area contributed by atoms with Crippen molar-refractivity contribution in [3.05, 3.63) is 46.2 Å². The third kappa shape index (κ3) is 4.49. The summed E-state index contributed by atoms with van der Waals surface area (Å²) < 4.78 is 0. The van der Waals surface area contributed by atoms with Gasteiger partial charge < -0.3 is 26.4 Å². The molecule has 1 aromatic heterocycles. The molecule has 1 amide bonds. The molecule has 25 heavy (non-hydrogen) atoms. The largest absolute Gasteiger partial charge is 0.465 e. The summed E-state index contributed by atoms with van der Waals surface area (Å²) in [5.41, 5.74) is 8.70. The number of hydrogen-bond acceptors (Lipinski definition) is 5. The van der Waals surface area contributed by atoms with Gasteiger partial charge >= 0.3 is 6.09 Å². The van der Waals surface area contributed by atoms with Crippen molar-refractivity contribution in [1.82, 2.24) is 10.6 Å². The molecule has 0 unspecified atom stereocenters. The van der Waals surface area contributed by atoms with Crippen LogP contribution in [-0.2, 0) is 6.54 Å². The fraction of sp³-hybridized carbons (Fsp3) is 0.294. The number of thiophene rings is 1. The number of piperazine rings is 1. The Morgan fingerprint density at radius 1 is 1.36 bits per heavy atom. The number of amidine groups is 1. The number of nitrogens with zero attached hydrogens (tertiary/aromatic N) is 2. The minimum Gasteiger partial charge on any atom is -0.465 e. The van der Waals surface area contributed by atoms with Gasteiger partial charge in [-0.25, -0.2) is 9.79 Å². The van der Waals surface area contributed by atoms with Gasteiger partial charge in [-0.3, -0.25) is 0 Å². The van der Waals surface area contributed by atoms with E-state index in [1.54, 1.807) is 0 Å². The van der Waals surface area contributed by atoms with Gasteiger partial charge in [0.05, 0.1) is 10.6 Å². The molecule has 3 rings (SSSR count). The monoisotopic (exact) mass is 359 g/mol. The molecule has 1 aliphatic rings. The molecule has 5 N–H and O–H groups in total. The highest BCUT2D eigenvalue weighted by Gasteiger charge is 2.15. The number of carboxylic acid groups (broad SMARTS) is 1. The van der Waals surface area contributed by atoms with Crippen molar-refractivity contribution < 1.29 is 9.90 Å². The van der Waals surface area contributed by atoms with E-state index in [9.17, 15) is 4.79 Å². The highest BCUT2D eigenvalue weighted by molar-refractivity contribution is 7.12. The van der Waals surface area contributed by atoms with E-state index in [1.807, 2.05) is 35.7 Å². The molecule has 2 aromatic rings. The maximum atomic E-state index is 10.9. The fourth-order valence-corrected chi connectivity index (χ4v) is 3.41. The van der Waals surface area contributed by atoms with Crippen LogP contribution in [0.15, 0.2) is 40.7 Å². The first-order valence-corrected chi connectivity index (χ1v) is 8.95. The Labute approximate surface area is 150 Å². The summed E-state index contributed by atoms with van der Waals surface area (Å²) in [5.74, 6) is 0.460. The summed E-state index contributed by atoms with van der Waals surface area (Å²) in [7, 11) is 0. The lowest BCUT2D eigenvalue weighted by atomic mass is 10.1. The van der Waals surface area contributed by atoms with Gasteiger partial charge in [-0.15, -0.1) is 11.3 Å². The topological polar surface area (TPSA) is 103 Å². The summed E-state index contributed by atoms with van der Waals surface area (Å²) in [6, 6.07) is 9.66. The van der Waals surface area contributed by atoms with Crippen LogP contribution in [-0.4, -0.2) is 43.2 Å². The van der Waals surface area contributed by atoms with Crippen LogP contribution < -0.4 is 21.3 Å². The number of anilines is 1. The Morgan fingerprint density at radius 3 is 2.84 bits per heavy atom. The Morgan fingerprint density at radius 2 is 2.16 bits per heavy atom. The summed E-state index contributed by atoms with van der Waals surface area (Å²) in [6.45, 7) is 3.84. The summed E-state index contributed by atoms with van der Waals surface area (Å²) >= 11 is 1.53. The fourth-order valence-electron chi connectivity index (χ4n) is 2.79. The maximum Gasteiger partial charge on any atom is 0.404 e. The number of carbonyl (C=O) groups is 1. The highest BCUT2D eigenvalue weighted by Crippen LogP contribution is 2.27. The van der Waals surface area contributed by atoms with Crippen molar-refractivity contribution >= 4 is 34.6 Å². The van der Waals surface area contributed by atoms with Crippen molar-refractivity contribution in [2.45, 2.75) is 6.54 Å². The molecule has 132 valence electrons. The van der Waals surface area contributed by atoms with E-state index in [4.69, 9.17) is 10.8 Å². The average molecular weight is 359 g/mol. The molecule has 0 aliphatic carbocycles. The van der Waals surface area contributed by atoms with Gasteiger partial charge in [-0.1, -0.05) is 6.07 Å². The van der Waals surface area contributed by atoms with Crippen molar-refractivity contribution in [2.75, 3.05) is 31.1 Å². The lowest BCUT2D eigenvalue weighted by Crippen LogP contribution is -2.44. The van der Waals surface area contributed by atoms with E-state index in [-0.39, 0.29) is 6.54 Å². The normalized spacial score (nSPS) is 15.2. The molecule has 0 atom stereocenters. The van der Waals surface area contributed by atoms with E-state index in [0.717, 1.165) is 42.3 Å². The van der Waals surface area contributed by atoms with Crippen molar-refractivity contribution in [3.63, 3.8) is 0 Å². The molecule has 0 saturated carbocycles. The standard InChI is InChI=1S/C17H21N5O2S/c18-16(15-2-1-9-25-15)21-13-3-4-14(22-7-5-19-6-8-22)12(10-13)11-20-17(23)24/h1-4,9-10,19-20H,5-8,11H2,(H2,18,21)(H,23,24). The SMILES string of the molecule is N/C(=N\c1ccc(N2CCNCC2)c(CNC(=O)O)c1)c1cccs1. The van der Waals surface area contributed by atoms with E-state index < -0.39 is 6.09 Å². The predicted octanol–water partition coefficient (Wildman–Crippen LogP) is 1.96. The Balaban J connectivity index is 1.88.